The van der Waals surface area contributed by atoms with Gasteiger partial charge in [0.15, 0.2) is 16.6 Å². The lowest BCUT2D eigenvalue weighted by atomic mass is 9.94. The number of aryl methyl sites for hydroxylation is 1. The molecule has 0 saturated heterocycles. The third-order valence-electron chi connectivity index (χ3n) is 6.48. The highest BCUT2D eigenvalue weighted by molar-refractivity contribution is 7.80. The van der Waals surface area contributed by atoms with Crippen LogP contribution in [0.5, 0.6) is 11.5 Å². The molecule has 0 aliphatic carbocycles. The summed E-state index contributed by atoms with van der Waals surface area (Å²) in [7, 11) is 0. The molecule has 3 aromatic carbocycles. The molecule has 0 spiro atoms. The fourth-order valence-electron chi connectivity index (χ4n) is 4.63. The molecule has 0 radical (unpaired) electrons. The van der Waals surface area contributed by atoms with Gasteiger partial charge in [-0.15, -0.1) is 0 Å². The van der Waals surface area contributed by atoms with E-state index in [0.717, 1.165) is 34.5 Å². The Morgan fingerprint density at radius 2 is 1.83 bits per heavy atom. The van der Waals surface area contributed by atoms with Gasteiger partial charge in [0, 0.05) is 16.9 Å². The van der Waals surface area contributed by atoms with Crippen molar-refractivity contribution < 1.29 is 14.0 Å². The molecule has 2 aliphatic heterocycles. The smallest absolute Gasteiger partial charge is 0.258 e. The van der Waals surface area contributed by atoms with E-state index in [1.807, 2.05) is 48.2 Å². The average molecular weight is 497 g/mol. The molecule has 1 aromatic heterocycles. The first-order valence-electron chi connectivity index (χ1n) is 11.8. The zero-order chi connectivity index (χ0) is 24.6. The van der Waals surface area contributed by atoms with Crippen LogP contribution in [-0.4, -0.2) is 22.0 Å². The largest absolute Gasteiger partial charge is 0.454 e. The predicted molar refractivity (Wildman–Crippen MR) is 142 cm³/mol. The summed E-state index contributed by atoms with van der Waals surface area (Å²) in [6.45, 7) is 4.39. The second-order valence-electron chi connectivity index (χ2n) is 8.64. The Labute approximate surface area is 214 Å². The number of aromatic nitrogens is 2. The number of allylic oxidation sites excluding steroid dienone is 1. The summed E-state index contributed by atoms with van der Waals surface area (Å²) in [5.41, 5.74) is 5.87. The van der Waals surface area contributed by atoms with Crippen LogP contribution >= 0.6 is 12.2 Å². The van der Waals surface area contributed by atoms with Gasteiger partial charge in [0.2, 0.25) is 12.6 Å². The lowest BCUT2D eigenvalue weighted by Crippen LogP contribution is -2.46. The van der Waals surface area contributed by atoms with Crippen LogP contribution in [-0.2, 0) is 6.42 Å². The summed E-state index contributed by atoms with van der Waals surface area (Å²) >= 11 is 5.86. The van der Waals surface area contributed by atoms with Crippen molar-refractivity contribution in [3.05, 3.63) is 95.5 Å². The number of rotatable bonds is 5. The van der Waals surface area contributed by atoms with Gasteiger partial charge < -0.3 is 19.3 Å². The van der Waals surface area contributed by atoms with E-state index in [4.69, 9.17) is 31.2 Å². The second-order valence-corrected chi connectivity index (χ2v) is 9.03. The standard InChI is InChI=1S/C28H24N4O3S/c1-3-18-8-7-11-21(14-18)32-17(2)24(25(29-28(32)36)19-9-5-4-6-10-19)27-30-26(31-35-27)20-12-13-22-23(15-20)34-16-33-22/h4-15,25H,3,16H2,1-2H3,(H,29,36). The highest BCUT2D eigenvalue weighted by Crippen LogP contribution is 2.40. The molecule has 36 heavy (non-hydrogen) atoms. The molecular formula is C28H24N4O3S. The monoisotopic (exact) mass is 496 g/mol. The van der Waals surface area contributed by atoms with Gasteiger partial charge in [0.05, 0.1) is 11.6 Å². The third-order valence-corrected chi connectivity index (χ3v) is 6.78. The van der Waals surface area contributed by atoms with Crippen molar-refractivity contribution in [1.82, 2.24) is 15.5 Å². The Kier molecular flexibility index (Phi) is 5.65. The van der Waals surface area contributed by atoms with Crippen LogP contribution in [0.15, 0.2) is 83.0 Å². The quantitative estimate of drug-likeness (QED) is 0.343. The van der Waals surface area contributed by atoms with Crippen LogP contribution in [0.3, 0.4) is 0 Å². The normalized spacial score (nSPS) is 16.9. The fraction of sp³-hybridized carbons (Fsp3) is 0.179. The Morgan fingerprint density at radius 3 is 2.67 bits per heavy atom. The van der Waals surface area contributed by atoms with Gasteiger partial charge in [0.25, 0.3) is 5.89 Å². The van der Waals surface area contributed by atoms with Gasteiger partial charge in [-0.3, -0.25) is 4.90 Å². The molecule has 1 N–H and O–H groups in total. The first-order chi connectivity index (χ1) is 17.6. The molecule has 0 saturated carbocycles. The SMILES string of the molecule is CCc1cccc(N2C(=S)NC(c3ccccc3)C(c3nc(-c4ccc5c(c4)OCO5)no3)=C2C)c1. The number of nitrogens with zero attached hydrogens (tertiary/aromatic N) is 3. The summed E-state index contributed by atoms with van der Waals surface area (Å²) in [6.07, 6.45) is 0.937. The molecule has 3 heterocycles. The van der Waals surface area contributed by atoms with Gasteiger partial charge in [-0.05, 0) is 67.0 Å². The Hall–Kier alpha value is -4.17. The van der Waals surface area contributed by atoms with E-state index in [9.17, 15) is 0 Å². The van der Waals surface area contributed by atoms with E-state index in [2.05, 4.69) is 53.8 Å². The number of fused-ring (bicyclic) bond motifs is 1. The van der Waals surface area contributed by atoms with Crippen molar-refractivity contribution in [2.45, 2.75) is 26.3 Å². The maximum Gasteiger partial charge on any atom is 0.258 e. The molecule has 0 fully saturated rings. The molecular weight excluding hydrogens is 472 g/mol. The van der Waals surface area contributed by atoms with Crippen molar-refractivity contribution >= 4 is 28.6 Å². The van der Waals surface area contributed by atoms with E-state index < -0.39 is 0 Å². The zero-order valence-corrected chi connectivity index (χ0v) is 20.7. The molecule has 0 amide bonds. The molecule has 7 nitrogen and oxygen atoms in total. The number of nitrogens with one attached hydrogen (secondary N) is 1. The average Bonchev–Trinajstić information content (AvgIpc) is 3.58. The molecule has 1 atom stereocenters. The number of thiocarbonyl (C=S) groups is 1. The molecule has 1 unspecified atom stereocenters. The molecule has 8 heteroatoms. The minimum atomic E-state index is -0.241. The highest BCUT2D eigenvalue weighted by Gasteiger charge is 2.35. The van der Waals surface area contributed by atoms with Gasteiger partial charge in [-0.1, -0.05) is 54.5 Å². The molecule has 0 bridgehead atoms. The van der Waals surface area contributed by atoms with E-state index in [1.165, 1.54) is 5.56 Å². The minimum Gasteiger partial charge on any atom is -0.454 e. The predicted octanol–water partition coefficient (Wildman–Crippen LogP) is 5.89. The summed E-state index contributed by atoms with van der Waals surface area (Å²) in [4.78, 5) is 6.84. The summed E-state index contributed by atoms with van der Waals surface area (Å²) in [5.74, 6) is 2.28. The first-order valence-corrected chi connectivity index (χ1v) is 12.2. The Morgan fingerprint density at radius 1 is 1.00 bits per heavy atom. The maximum absolute atomic E-state index is 5.86. The second kappa shape index (κ2) is 9.13. The van der Waals surface area contributed by atoms with Gasteiger partial charge in [-0.25, -0.2) is 0 Å². The van der Waals surface area contributed by atoms with Crippen LogP contribution in [0.25, 0.3) is 17.0 Å². The number of ether oxygens (including phenoxy) is 2. The number of benzene rings is 3. The number of anilines is 1. The van der Waals surface area contributed by atoms with Gasteiger partial charge >= 0.3 is 0 Å². The first kappa shape index (κ1) is 22.3. The van der Waals surface area contributed by atoms with E-state index in [1.54, 1.807) is 0 Å². The maximum atomic E-state index is 5.86. The van der Waals surface area contributed by atoms with E-state index >= 15 is 0 Å². The van der Waals surface area contributed by atoms with Crippen molar-refractivity contribution in [3.8, 4) is 22.9 Å². The van der Waals surface area contributed by atoms with Crippen molar-refractivity contribution in [2.24, 2.45) is 0 Å². The fourth-order valence-corrected chi connectivity index (χ4v) is 4.99. The summed E-state index contributed by atoms with van der Waals surface area (Å²) in [6, 6.07) is 23.9. The van der Waals surface area contributed by atoms with E-state index in [0.29, 0.717) is 28.3 Å². The van der Waals surface area contributed by atoms with Crippen molar-refractivity contribution in [1.29, 1.82) is 0 Å². The van der Waals surface area contributed by atoms with Crippen LogP contribution in [0.4, 0.5) is 5.69 Å². The van der Waals surface area contributed by atoms with Gasteiger partial charge in [0.1, 0.15) is 0 Å². The third kappa shape index (κ3) is 3.89. The van der Waals surface area contributed by atoms with Crippen LogP contribution in [0.2, 0.25) is 0 Å². The zero-order valence-electron chi connectivity index (χ0n) is 19.9. The molecule has 4 aromatic rings. The van der Waals surface area contributed by atoms with Gasteiger partial charge in [-0.2, -0.15) is 4.98 Å². The number of hydrogen-bond acceptors (Lipinski definition) is 6. The van der Waals surface area contributed by atoms with Crippen LogP contribution in [0, 0.1) is 0 Å². The molecule has 180 valence electrons. The lowest BCUT2D eigenvalue weighted by molar-refractivity contribution is 0.174. The molecule has 2 aliphatic rings. The van der Waals surface area contributed by atoms with Crippen molar-refractivity contribution in [3.63, 3.8) is 0 Å². The Bertz CT molecular complexity index is 1480. The minimum absolute atomic E-state index is 0.210. The lowest BCUT2D eigenvalue weighted by Gasteiger charge is -2.37. The summed E-state index contributed by atoms with van der Waals surface area (Å²) < 4.78 is 16.8. The van der Waals surface area contributed by atoms with Crippen molar-refractivity contribution in [2.75, 3.05) is 11.7 Å². The highest BCUT2D eigenvalue weighted by atomic mass is 32.1. The Balaban J connectivity index is 1.47. The summed E-state index contributed by atoms with van der Waals surface area (Å²) in [5, 5.41) is 8.43. The molecule has 6 rings (SSSR count). The number of hydrogen-bond donors (Lipinski definition) is 1. The topological polar surface area (TPSA) is 72.7 Å². The van der Waals surface area contributed by atoms with Crippen LogP contribution < -0.4 is 19.7 Å². The van der Waals surface area contributed by atoms with E-state index in [-0.39, 0.29) is 12.8 Å². The van der Waals surface area contributed by atoms with Crippen LogP contribution in [0.1, 0.15) is 36.9 Å².